The van der Waals surface area contributed by atoms with E-state index >= 15 is 0 Å². The summed E-state index contributed by atoms with van der Waals surface area (Å²) < 4.78 is 22.5. The maximum absolute atomic E-state index is 11.7. The predicted octanol–water partition coefficient (Wildman–Crippen LogP) is -1.25. The van der Waals surface area contributed by atoms with Gasteiger partial charge < -0.3 is 16.0 Å². The highest BCUT2D eigenvalue weighted by Crippen LogP contribution is 2.14. The van der Waals surface area contributed by atoms with Crippen LogP contribution in [-0.2, 0) is 14.6 Å². The Morgan fingerprint density at radius 3 is 2.95 bits per heavy atom. The molecule has 10 heteroatoms. The first-order valence-corrected chi connectivity index (χ1v) is 8.64. The first-order valence-electron chi connectivity index (χ1n) is 5.83. The van der Waals surface area contributed by atoms with E-state index in [4.69, 9.17) is 5.73 Å². The number of nitrogens with one attached hydrogen (secondary N) is 2. The molecule has 0 saturated carbocycles. The smallest absolute Gasteiger partial charge is 0.253 e. The van der Waals surface area contributed by atoms with E-state index in [1.165, 1.54) is 0 Å². The average molecular weight is 318 g/mol. The molecule has 1 amide bonds. The number of carbonyl (C=O) groups is 1. The molecule has 0 radical (unpaired) electrons. The van der Waals surface area contributed by atoms with Crippen LogP contribution >= 0.6 is 11.8 Å². The predicted molar refractivity (Wildman–Crippen MR) is 75.2 cm³/mol. The molecule has 1 aliphatic rings. The Kier molecular flexibility index (Phi) is 4.33. The number of carbonyl (C=O) groups excluding carboxylic acids is 1. The van der Waals surface area contributed by atoms with Crippen LogP contribution < -0.4 is 16.6 Å². The molecular formula is C10H14N4O4S2. The van der Waals surface area contributed by atoms with Crippen LogP contribution in [-0.4, -0.2) is 47.6 Å². The molecule has 0 aliphatic carbocycles. The Morgan fingerprint density at radius 1 is 1.60 bits per heavy atom. The molecule has 0 bridgehead atoms. The summed E-state index contributed by atoms with van der Waals surface area (Å²) in [6.07, 6.45) is 0.437. The van der Waals surface area contributed by atoms with Gasteiger partial charge in [-0.25, -0.2) is 13.4 Å². The number of aromatic amines is 1. The minimum atomic E-state index is -3.02. The molecule has 4 N–H and O–H groups in total. The molecule has 2 heterocycles. The number of hydrogen-bond acceptors (Lipinski definition) is 7. The van der Waals surface area contributed by atoms with Gasteiger partial charge in [-0.3, -0.25) is 9.59 Å². The van der Waals surface area contributed by atoms with Crippen LogP contribution in [0.15, 0.2) is 16.0 Å². The monoisotopic (exact) mass is 318 g/mol. The second kappa shape index (κ2) is 5.83. The summed E-state index contributed by atoms with van der Waals surface area (Å²) in [6.45, 7) is 0. The number of H-pyrrole nitrogens is 1. The van der Waals surface area contributed by atoms with Gasteiger partial charge in [-0.2, -0.15) is 0 Å². The van der Waals surface area contributed by atoms with Gasteiger partial charge in [0.1, 0.15) is 5.82 Å². The third kappa shape index (κ3) is 4.23. The molecule has 0 spiro atoms. The average Bonchev–Trinajstić information content (AvgIpc) is 2.65. The molecular weight excluding hydrogens is 304 g/mol. The van der Waals surface area contributed by atoms with Crippen LogP contribution in [0.4, 0.5) is 5.82 Å². The van der Waals surface area contributed by atoms with Crippen LogP contribution in [0.25, 0.3) is 0 Å². The molecule has 1 unspecified atom stereocenters. The number of sulfone groups is 1. The lowest BCUT2D eigenvalue weighted by Crippen LogP contribution is -2.36. The molecule has 1 atom stereocenters. The number of anilines is 1. The molecule has 1 saturated heterocycles. The van der Waals surface area contributed by atoms with Crippen molar-refractivity contribution < 1.29 is 13.2 Å². The van der Waals surface area contributed by atoms with Crippen molar-refractivity contribution in [1.29, 1.82) is 0 Å². The highest BCUT2D eigenvalue weighted by Gasteiger charge is 2.28. The third-order valence-corrected chi connectivity index (χ3v) is 5.32. The van der Waals surface area contributed by atoms with Crippen LogP contribution in [0.5, 0.6) is 0 Å². The minimum absolute atomic E-state index is 0.0171. The van der Waals surface area contributed by atoms with Crippen LogP contribution in [0, 0.1) is 0 Å². The fraction of sp³-hybridized carbons (Fsp3) is 0.500. The number of nitrogen functional groups attached to an aromatic ring is 1. The van der Waals surface area contributed by atoms with Gasteiger partial charge in [0, 0.05) is 12.1 Å². The number of rotatable bonds is 4. The second-order valence-electron chi connectivity index (χ2n) is 4.43. The minimum Gasteiger partial charge on any atom is -0.383 e. The second-order valence-corrected chi connectivity index (χ2v) is 7.62. The van der Waals surface area contributed by atoms with Crippen molar-refractivity contribution in [1.82, 2.24) is 15.3 Å². The van der Waals surface area contributed by atoms with Crippen LogP contribution in [0.2, 0.25) is 0 Å². The lowest BCUT2D eigenvalue weighted by atomic mass is 10.3. The van der Waals surface area contributed by atoms with Gasteiger partial charge in [-0.05, 0) is 6.42 Å². The number of nitrogens with two attached hydrogens (primary N) is 1. The summed E-state index contributed by atoms with van der Waals surface area (Å²) in [6, 6.07) is 0.814. The van der Waals surface area contributed by atoms with E-state index in [0.717, 1.165) is 17.8 Å². The van der Waals surface area contributed by atoms with Gasteiger partial charge in [0.2, 0.25) is 5.91 Å². The van der Waals surface area contributed by atoms with Crippen LogP contribution in [0.3, 0.4) is 0 Å². The maximum Gasteiger partial charge on any atom is 0.253 e. The van der Waals surface area contributed by atoms with Gasteiger partial charge >= 0.3 is 0 Å². The van der Waals surface area contributed by atoms with Gasteiger partial charge in [0.05, 0.1) is 17.3 Å². The SMILES string of the molecule is Nc1cc(=O)[nH]c(SCC(=O)NC2CCS(=O)(=O)C2)n1. The molecule has 20 heavy (non-hydrogen) atoms. The first-order chi connectivity index (χ1) is 9.34. The van der Waals surface area contributed by atoms with E-state index < -0.39 is 9.84 Å². The zero-order valence-corrected chi connectivity index (χ0v) is 12.1. The highest BCUT2D eigenvalue weighted by molar-refractivity contribution is 7.99. The van der Waals surface area contributed by atoms with Crippen molar-refractivity contribution in [3.05, 3.63) is 16.4 Å². The van der Waals surface area contributed by atoms with Gasteiger partial charge in [-0.1, -0.05) is 11.8 Å². The normalized spacial score (nSPS) is 20.7. The molecule has 1 aromatic rings. The number of thioether (sulfide) groups is 1. The zero-order valence-electron chi connectivity index (χ0n) is 10.5. The summed E-state index contributed by atoms with van der Waals surface area (Å²) in [5.41, 5.74) is 5.03. The van der Waals surface area contributed by atoms with Crippen molar-refractivity contribution in [3.8, 4) is 0 Å². The Balaban J connectivity index is 1.85. The Labute approximate surface area is 119 Å². The van der Waals surface area contributed by atoms with Crippen molar-refractivity contribution in [2.75, 3.05) is 23.0 Å². The molecule has 2 rings (SSSR count). The Bertz CT molecular complexity index is 670. The summed E-state index contributed by atoms with van der Waals surface area (Å²) in [5, 5.41) is 2.90. The van der Waals surface area contributed by atoms with E-state index in [9.17, 15) is 18.0 Å². The van der Waals surface area contributed by atoms with E-state index in [2.05, 4.69) is 15.3 Å². The first kappa shape index (κ1) is 14.9. The molecule has 110 valence electrons. The fourth-order valence-corrected chi connectivity index (χ4v) is 4.20. The van der Waals surface area contributed by atoms with Crippen molar-refractivity contribution in [2.45, 2.75) is 17.6 Å². The van der Waals surface area contributed by atoms with Gasteiger partial charge in [0.25, 0.3) is 5.56 Å². The largest absolute Gasteiger partial charge is 0.383 e. The van der Waals surface area contributed by atoms with E-state index in [-0.39, 0.29) is 45.7 Å². The zero-order chi connectivity index (χ0) is 14.8. The number of hydrogen-bond donors (Lipinski definition) is 3. The van der Waals surface area contributed by atoms with Crippen molar-refractivity contribution in [3.63, 3.8) is 0 Å². The molecule has 1 aromatic heterocycles. The third-order valence-electron chi connectivity index (χ3n) is 2.68. The number of aromatic nitrogens is 2. The maximum atomic E-state index is 11.7. The lowest BCUT2D eigenvalue weighted by molar-refractivity contribution is -0.119. The Hall–Kier alpha value is -1.55. The van der Waals surface area contributed by atoms with Crippen LogP contribution in [0.1, 0.15) is 6.42 Å². The fourth-order valence-electron chi connectivity index (χ4n) is 1.83. The van der Waals surface area contributed by atoms with E-state index in [1.54, 1.807) is 0 Å². The molecule has 8 nitrogen and oxygen atoms in total. The highest BCUT2D eigenvalue weighted by atomic mass is 32.2. The Morgan fingerprint density at radius 2 is 2.35 bits per heavy atom. The number of nitrogens with zero attached hydrogens (tertiary/aromatic N) is 1. The molecule has 1 aliphatic heterocycles. The lowest BCUT2D eigenvalue weighted by Gasteiger charge is -2.10. The quantitative estimate of drug-likeness (QED) is 0.466. The summed E-state index contributed by atoms with van der Waals surface area (Å²) in [7, 11) is -3.02. The summed E-state index contributed by atoms with van der Waals surface area (Å²) in [4.78, 5) is 29.1. The standard InChI is InChI=1S/C10H14N4O4S2/c11-7-3-8(15)14-10(13-7)19-4-9(16)12-6-1-2-20(17,18)5-6/h3,6H,1-2,4-5H2,(H,12,16)(H3,11,13,14,15). The summed E-state index contributed by atoms with van der Waals surface area (Å²) in [5.74, 6) is -0.102. The topological polar surface area (TPSA) is 135 Å². The van der Waals surface area contributed by atoms with Gasteiger partial charge in [-0.15, -0.1) is 0 Å². The van der Waals surface area contributed by atoms with Crippen molar-refractivity contribution in [2.24, 2.45) is 0 Å². The summed E-state index contributed by atoms with van der Waals surface area (Å²) >= 11 is 1.03. The number of amides is 1. The van der Waals surface area contributed by atoms with E-state index in [0.29, 0.717) is 6.42 Å². The molecule has 0 aromatic carbocycles. The van der Waals surface area contributed by atoms with Gasteiger partial charge in [0.15, 0.2) is 15.0 Å². The van der Waals surface area contributed by atoms with Crippen molar-refractivity contribution >= 4 is 33.3 Å². The van der Waals surface area contributed by atoms with E-state index in [1.807, 2.05) is 0 Å². The molecule has 1 fully saturated rings.